The zero-order valence-electron chi connectivity index (χ0n) is 30.7. The summed E-state index contributed by atoms with van der Waals surface area (Å²) in [6.07, 6.45) is 3.79. The highest BCUT2D eigenvalue weighted by atomic mass is 15.0. The second-order valence-corrected chi connectivity index (χ2v) is 14.6. The molecule has 2 aliphatic rings. The standard InChI is InChI=1S/C52H34N4/c1-33-32-53-30-29-39(33)34-23-25-35(26-24-34)40-19-12-22-47-48(40)42-18-9-11-21-45(42)52(47)44-20-10-8-17-41(44)43-31-38(27-28-46(43)52)51-55-49(36-13-4-2-5-14-36)54-50(56-51)37-15-6-3-7-16-37/h2-32H,1H3. The molecular formula is C52H34N4. The van der Waals surface area contributed by atoms with Crippen LogP contribution in [0.2, 0.25) is 0 Å². The lowest BCUT2D eigenvalue weighted by Gasteiger charge is -2.30. The van der Waals surface area contributed by atoms with Crippen LogP contribution in [0.3, 0.4) is 0 Å². The number of fused-ring (bicyclic) bond motifs is 10. The number of aryl methyl sites for hydroxylation is 1. The van der Waals surface area contributed by atoms with Crippen LogP contribution in [0.25, 0.3) is 78.7 Å². The van der Waals surface area contributed by atoms with Crippen molar-refractivity contribution in [3.05, 3.63) is 216 Å². The van der Waals surface area contributed by atoms with Gasteiger partial charge in [-0.15, -0.1) is 0 Å². The fourth-order valence-corrected chi connectivity index (χ4v) is 9.14. The van der Waals surface area contributed by atoms with E-state index in [0.717, 1.165) is 16.7 Å². The average molecular weight is 715 g/mol. The van der Waals surface area contributed by atoms with Gasteiger partial charge in [0.15, 0.2) is 17.5 Å². The predicted molar refractivity (Wildman–Crippen MR) is 226 cm³/mol. The molecule has 1 atom stereocenters. The molecule has 0 saturated heterocycles. The van der Waals surface area contributed by atoms with Gasteiger partial charge < -0.3 is 0 Å². The van der Waals surface area contributed by atoms with Gasteiger partial charge in [-0.25, -0.2) is 15.0 Å². The van der Waals surface area contributed by atoms with Crippen LogP contribution in [-0.4, -0.2) is 19.9 Å². The minimum Gasteiger partial charge on any atom is -0.264 e. The Balaban J connectivity index is 1.10. The molecule has 2 aromatic heterocycles. The molecule has 0 bridgehead atoms. The molecule has 2 aliphatic carbocycles. The van der Waals surface area contributed by atoms with Crippen LogP contribution in [0.4, 0.5) is 0 Å². The van der Waals surface area contributed by atoms with Crippen molar-refractivity contribution in [2.45, 2.75) is 12.3 Å². The van der Waals surface area contributed by atoms with E-state index in [1.54, 1.807) is 0 Å². The van der Waals surface area contributed by atoms with Crippen molar-refractivity contribution >= 4 is 0 Å². The number of hydrogen-bond acceptors (Lipinski definition) is 4. The Labute approximate surface area is 325 Å². The Morgan fingerprint density at radius 2 is 0.857 bits per heavy atom. The van der Waals surface area contributed by atoms with E-state index in [1.807, 2.05) is 48.8 Å². The zero-order valence-corrected chi connectivity index (χ0v) is 30.7. The summed E-state index contributed by atoms with van der Waals surface area (Å²) < 4.78 is 0. The Morgan fingerprint density at radius 3 is 1.52 bits per heavy atom. The molecule has 0 saturated carbocycles. The molecule has 4 heteroatoms. The maximum atomic E-state index is 5.09. The van der Waals surface area contributed by atoms with Crippen LogP contribution in [0, 0.1) is 6.92 Å². The fraction of sp³-hybridized carbons (Fsp3) is 0.0385. The summed E-state index contributed by atoms with van der Waals surface area (Å²) >= 11 is 0. The SMILES string of the molecule is Cc1cnccc1-c1ccc(-c2cccc3c2-c2ccccc2C32c3ccccc3-c3cc(-c4nc(-c5ccccc5)nc(-c5ccccc5)n4)ccc32)cc1. The summed E-state index contributed by atoms with van der Waals surface area (Å²) in [5.41, 5.74) is 18.6. The smallest absolute Gasteiger partial charge is 0.164 e. The van der Waals surface area contributed by atoms with Gasteiger partial charge in [0.2, 0.25) is 0 Å². The number of rotatable bonds is 5. The third kappa shape index (κ3) is 4.79. The Bertz CT molecular complexity index is 2910. The van der Waals surface area contributed by atoms with Crippen molar-refractivity contribution in [2.24, 2.45) is 0 Å². The average Bonchev–Trinajstić information content (AvgIpc) is 3.74. The molecule has 0 fully saturated rings. The highest BCUT2D eigenvalue weighted by molar-refractivity contribution is 6.00. The number of aromatic nitrogens is 4. The first-order valence-electron chi connectivity index (χ1n) is 19.0. The summed E-state index contributed by atoms with van der Waals surface area (Å²) in [6.45, 7) is 2.12. The topological polar surface area (TPSA) is 51.6 Å². The second-order valence-electron chi connectivity index (χ2n) is 14.6. The minimum absolute atomic E-state index is 0.482. The number of pyridine rings is 1. The van der Waals surface area contributed by atoms with Gasteiger partial charge in [-0.1, -0.05) is 164 Å². The fourth-order valence-electron chi connectivity index (χ4n) is 9.14. The van der Waals surface area contributed by atoms with Crippen LogP contribution in [0.1, 0.15) is 27.8 Å². The Kier molecular flexibility index (Phi) is 7.26. The van der Waals surface area contributed by atoms with Gasteiger partial charge in [0, 0.05) is 29.1 Å². The van der Waals surface area contributed by atoms with Crippen LogP contribution in [0.15, 0.2) is 188 Å². The van der Waals surface area contributed by atoms with Crippen molar-refractivity contribution in [3.8, 4) is 78.7 Å². The van der Waals surface area contributed by atoms with E-state index >= 15 is 0 Å². The molecule has 11 rings (SSSR count). The largest absolute Gasteiger partial charge is 0.264 e. The summed E-state index contributed by atoms with van der Waals surface area (Å²) in [4.78, 5) is 19.4. The first kappa shape index (κ1) is 32.2. The summed E-state index contributed by atoms with van der Waals surface area (Å²) in [5, 5.41) is 0. The maximum absolute atomic E-state index is 5.09. The third-order valence-electron chi connectivity index (χ3n) is 11.6. The maximum Gasteiger partial charge on any atom is 0.164 e. The first-order chi connectivity index (χ1) is 27.7. The highest BCUT2D eigenvalue weighted by Gasteiger charge is 2.52. The molecule has 1 spiro atoms. The van der Waals surface area contributed by atoms with Gasteiger partial charge in [-0.05, 0) is 91.4 Å². The second kappa shape index (κ2) is 12.6. The molecule has 0 amide bonds. The zero-order chi connectivity index (χ0) is 37.2. The number of benzene rings is 7. The van der Waals surface area contributed by atoms with E-state index in [-0.39, 0.29) is 0 Å². The van der Waals surface area contributed by atoms with Crippen molar-refractivity contribution in [1.82, 2.24) is 19.9 Å². The van der Waals surface area contributed by atoms with Crippen molar-refractivity contribution in [2.75, 3.05) is 0 Å². The Morgan fingerprint density at radius 1 is 0.357 bits per heavy atom. The van der Waals surface area contributed by atoms with Gasteiger partial charge in [0.25, 0.3) is 0 Å². The summed E-state index contributed by atoms with van der Waals surface area (Å²) in [6, 6.07) is 63.0. The summed E-state index contributed by atoms with van der Waals surface area (Å²) in [5.74, 6) is 1.96. The molecule has 0 radical (unpaired) electrons. The van der Waals surface area contributed by atoms with Gasteiger partial charge >= 0.3 is 0 Å². The van der Waals surface area contributed by atoms with E-state index < -0.39 is 5.41 Å². The molecule has 1 unspecified atom stereocenters. The van der Waals surface area contributed by atoms with Crippen molar-refractivity contribution in [3.63, 3.8) is 0 Å². The van der Waals surface area contributed by atoms with Crippen LogP contribution < -0.4 is 0 Å². The molecule has 9 aromatic rings. The molecule has 56 heavy (non-hydrogen) atoms. The minimum atomic E-state index is -0.482. The predicted octanol–water partition coefficient (Wildman–Crippen LogP) is 12.3. The highest BCUT2D eigenvalue weighted by Crippen LogP contribution is 2.64. The lowest BCUT2D eigenvalue weighted by Crippen LogP contribution is -2.25. The molecule has 262 valence electrons. The lowest BCUT2D eigenvalue weighted by molar-refractivity contribution is 0.794. The van der Waals surface area contributed by atoms with E-state index in [9.17, 15) is 0 Å². The number of hydrogen-bond donors (Lipinski definition) is 0. The molecule has 0 aliphatic heterocycles. The van der Waals surface area contributed by atoms with Crippen LogP contribution in [-0.2, 0) is 5.41 Å². The van der Waals surface area contributed by atoms with E-state index in [2.05, 4.69) is 151 Å². The molecule has 0 N–H and O–H groups in total. The van der Waals surface area contributed by atoms with Gasteiger partial charge in [-0.2, -0.15) is 0 Å². The van der Waals surface area contributed by atoms with Crippen LogP contribution in [0.5, 0.6) is 0 Å². The molecule has 2 heterocycles. The van der Waals surface area contributed by atoms with E-state index in [1.165, 1.54) is 72.3 Å². The van der Waals surface area contributed by atoms with Crippen molar-refractivity contribution in [1.29, 1.82) is 0 Å². The van der Waals surface area contributed by atoms with Crippen molar-refractivity contribution < 1.29 is 0 Å². The Hall–Kier alpha value is -7.30. The molecule has 7 aromatic carbocycles. The van der Waals surface area contributed by atoms with Gasteiger partial charge in [-0.3, -0.25) is 4.98 Å². The summed E-state index contributed by atoms with van der Waals surface area (Å²) in [7, 11) is 0. The van der Waals surface area contributed by atoms with Gasteiger partial charge in [0.05, 0.1) is 5.41 Å². The molecular weight excluding hydrogens is 681 g/mol. The van der Waals surface area contributed by atoms with Gasteiger partial charge in [0.1, 0.15) is 0 Å². The van der Waals surface area contributed by atoms with Crippen LogP contribution >= 0.6 is 0 Å². The van der Waals surface area contributed by atoms with E-state index in [4.69, 9.17) is 15.0 Å². The third-order valence-corrected chi connectivity index (χ3v) is 11.6. The quantitative estimate of drug-likeness (QED) is 0.178. The van der Waals surface area contributed by atoms with E-state index in [0.29, 0.717) is 17.5 Å². The number of nitrogens with zero attached hydrogens (tertiary/aromatic N) is 4. The monoisotopic (exact) mass is 714 g/mol. The normalized spacial score (nSPS) is 14.6. The first-order valence-corrected chi connectivity index (χ1v) is 19.0. The lowest BCUT2D eigenvalue weighted by atomic mass is 9.70. The molecule has 4 nitrogen and oxygen atoms in total.